The molecule has 2 fully saturated rings. The maximum absolute atomic E-state index is 11.8. The minimum absolute atomic E-state index is 0.198. The van der Waals surface area contributed by atoms with Crippen molar-refractivity contribution in [3.8, 4) is 0 Å². The van der Waals surface area contributed by atoms with E-state index in [1.165, 1.54) is 5.56 Å². The predicted molar refractivity (Wildman–Crippen MR) is 87.7 cm³/mol. The number of hydrogen-bond acceptors (Lipinski definition) is 3. The minimum Gasteiger partial charge on any atom is -0.351 e. The standard InChI is InChI=1S/C17H26N4O/c1-19-9-11-20(12-10-19)15-7-8-21(17(18)22)16(15)13-14-5-3-2-4-6-14/h2-6,15-16H,7-13H2,1H3,(H2,18,22)/t15-,16+/m1/s1. The second-order valence-corrected chi connectivity index (χ2v) is 6.48. The Morgan fingerprint density at radius 3 is 2.45 bits per heavy atom. The summed E-state index contributed by atoms with van der Waals surface area (Å²) in [6.07, 6.45) is 1.92. The van der Waals surface area contributed by atoms with Gasteiger partial charge in [0.25, 0.3) is 0 Å². The van der Waals surface area contributed by atoms with E-state index < -0.39 is 0 Å². The van der Waals surface area contributed by atoms with Crippen LogP contribution in [-0.4, -0.2) is 72.6 Å². The van der Waals surface area contributed by atoms with Gasteiger partial charge in [0.2, 0.25) is 0 Å². The Morgan fingerprint density at radius 2 is 1.82 bits per heavy atom. The van der Waals surface area contributed by atoms with Gasteiger partial charge in [-0.05, 0) is 25.5 Å². The molecule has 5 heteroatoms. The average molecular weight is 302 g/mol. The van der Waals surface area contributed by atoms with E-state index in [1.54, 1.807) is 0 Å². The lowest BCUT2D eigenvalue weighted by molar-refractivity contribution is 0.0919. The van der Waals surface area contributed by atoms with Gasteiger partial charge in [-0.1, -0.05) is 30.3 Å². The summed E-state index contributed by atoms with van der Waals surface area (Å²) in [6, 6.07) is 10.8. The molecule has 0 saturated carbocycles. The minimum atomic E-state index is -0.280. The van der Waals surface area contributed by atoms with Gasteiger partial charge < -0.3 is 15.5 Å². The maximum atomic E-state index is 11.8. The molecule has 0 aliphatic carbocycles. The van der Waals surface area contributed by atoms with Crippen LogP contribution in [0, 0.1) is 0 Å². The van der Waals surface area contributed by atoms with E-state index in [9.17, 15) is 4.79 Å². The number of carbonyl (C=O) groups is 1. The zero-order chi connectivity index (χ0) is 15.5. The molecule has 2 heterocycles. The van der Waals surface area contributed by atoms with E-state index >= 15 is 0 Å². The third kappa shape index (κ3) is 3.25. The van der Waals surface area contributed by atoms with Crippen molar-refractivity contribution in [1.82, 2.24) is 14.7 Å². The molecular formula is C17H26N4O. The molecule has 2 saturated heterocycles. The number of nitrogens with two attached hydrogens (primary N) is 1. The number of benzene rings is 1. The monoisotopic (exact) mass is 302 g/mol. The normalized spacial score (nSPS) is 27.2. The van der Waals surface area contributed by atoms with Gasteiger partial charge in [0, 0.05) is 38.8 Å². The Kier molecular flexibility index (Phi) is 4.64. The van der Waals surface area contributed by atoms with Gasteiger partial charge in [0.05, 0.1) is 6.04 Å². The van der Waals surface area contributed by atoms with E-state index in [0.29, 0.717) is 6.04 Å². The predicted octanol–water partition coefficient (Wildman–Crippen LogP) is 0.998. The highest BCUT2D eigenvalue weighted by Gasteiger charge is 2.39. The molecule has 2 atom stereocenters. The van der Waals surface area contributed by atoms with Crippen molar-refractivity contribution in [3.05, 3.63) is 35.9 Å². The second kappa shape index (κ2) is 6.67. The van der Waals surface area contributed by atoms with Crippen molar-refractivity contribution in [1.29, 1.82) is 0 Å². The van der Waals surface area contributed by atoms with Crippen LogP contribution in [0.25, 0.3) is 0 Å². The Labute approximate surface area is 132 Å². The first kappa shape index (κ1) is 15.3. The van der Waals surface area contributed by atoms with Gasteiger partial charge in [0.15, 0.2) is 0 Å². The van der Waals surface area contributed by atoms with Crippen LogP contribution in [0.3, 0.4) is 0 Å². The number of urea groups is 1. The van der Waals surface area contributed by atoms with Crippen LogP contribution in [0.15, 0.2) is 30.3 Å². The van der Waals surface area contributed by atoms with Crippen LogP contribution in [0.2, 0.25) is 0 Å². The summed E-state index contributed by atoms with van der Waals surface area (Å²) >= 11 is 0. The fraction of sp³-hybridized carbons (Fsp3) is 0.588. The van der Waals surface area contributed by atoms with Crippen LogP contribution in [0.1, 0.15) is 12.0 Å². The van der Waals surface area contributed by atoms with Gasteiger partial charge in [0.1, 0.15) is 0 Å². The van der Waals surface area contributed by atoms with Gasteiger partial charge in [-0.15, -0.1) is 0 Å². The Hall–Kier alpha value is -1.59. The van der Waals surface area contributed by atoms with Crippen molar-refractivity contribution in [2.45, 2.75) is 24.9 Å². The number of amides is 2. The largest absolute Gasteiger partial charge is 0.351 e. The van der Waals surface area contributed by atoms with Crippen molar-refractivity contribution < 1.29 is 4.79 Å². The second-order valence-electron chi connectivity index (χ2n) is 6.48. The first-order valence-electron chi connectivity index (χ1n) is 8.18. The number of rotatable bonds is 3. The summed E-state index contributed by atoms with van der Waals surface area (Å²) in [5.41, 5.74) is 6.89. The molecule has 0 aromatic heterocycles. The van der Waals surface area contributed by atoms with Gasteiger partial charge in [-0.3, -0.25) is 4.90 Å². The zero-order valence-electron chi connectivity index (χ0n) is 13.3. The lowest BCUT2D eigenvalue weighted by atomic mass is 9.98. The number of carbonyl (C=O) groups excluding carboxylic acids is 1. The van der Waals surface area contributed by atoms with Crippen LogP contribution < -0.4 is 5.73 Å². The molecule has 5 nitrogen and oxygen atoms in total. The van der Waals surface area contributed by atoms with Gasteiger partial charge in [-0.25, -0.2) is 4.79 Å². The van der Waals surface area contributed by atoms with E-state index in [2.05, 4.69) is 41.1 Å². The van der Waals surface area contributed by atoms with E-state index in [4.69, 9.17) is 5.73 Å². The lowest BCUT2D eigenvalue weighted by Crippen LogP contribution is -2.54. The summed E-state index contributed by atoms with van der Waals surface area (Å²) in [5, 5.41) is 0. The Morgan fingerprint density at radius 1 is 1.14 bits per heavy atom. The smallest absolute Gasteiger partial charge is 0.315 e. The number of nitrogens with zero attached hydrogens (tertiary/aromatic N) is 3. The van der Waals surface area contributed by atoms with E-state index in [-0.39, 0.29) is 12.1 Å². The molecule has 0 radical (unpaired) electrons. The molecule has 120 valence electrons. The van der Waals surface area contributed by atoms with E-state index in [1.807, 2.05) is 11.0 Å². The fourth-order valence-corrected chi connectivity index (χ4v) is 3.79. The number of primary amides is 1. The lowest BCUT2D eigenvalue weighted by Gasteiger charge is -2.39. The SMILES string of the molecule is CN1CCN([C@@H]2CCN(C(N)=O)[C@H]2Cc2ccccc2)CC1. The van der Waals surface area contributed by atoms with Crippen LogP contribution >= 0.6 is 0 Å². The summed E-state index contributed by atoms with van der Waals surface area (Å²) in [7, 11) is 2.17. The molecule has 0 bridgehead atoms. The van der Waals surface area contributed by atoms with Crippen molar-refractivity contribution in [2.24, 2.45) is 5.73 Å². The fourth-order valence-electron chi connectivity index (χ4n) is 3.79. The van der Waals surface area contributed by atoms with Crippen LogP contribution in [-0.2, 0) is 6.42 Å². The third-order valence-electron chi connectivity index (χ3n) is 5.09. The third-order valence-corrected chi connectivity index (χ3v) is 5.09. The molecular weight excluding hydrogens is 276 g/mol. The van der Waals surface area contributed by atoms with Crippen molar-refractivity contribution in [3.63, 3.8) is 0 Å². The highest BCUT2D eigenvalue weighted by Crippen LogP contribution is 2.26. The summed E-state index contributed by atoms with van der Waals surface area (Å²) in [6.45, 7) is 5.15. The number of hydrogen-bond donors (Lipinski definition) is 1. The first-order chi connectivity index (χ1) is 10.6. The summed E-state index contributed by atoms with van der Waals surface area (Å²) < 4.78 is 0. The highest BCUT2D eigenvalue weighted by molar-refractivity contribution is 5.73. The molecule has 3 rings (SSSR count). The molecule has 2 aliphatic rings. The summed E-state index contributed by atoms with van der Waals surface area (Å²) in [4.78, 5) is 18.6. The molecule has 1 aromatic carbocycles. The molecule has 0 unspecified atom stereocenters. The highest BCUT2D eigenvalue weighted by atomic mass is 16.2. The van der Waals surface area contributed by atoms with Crippen LogP contribution in [0.4, 0.5) is 4.79 Å². The summed E-state index contributed by atoms with van der Waals surface area (Å²) in [5.74, 6) is 0. The van der Waals surface area contributed by atoms with Crippen LogP contribution in [0.5, 0.6) is 0 Å². The number of likely N-dealkylation sites (tertiary alicyclic amines) is 1. The Bertz CT molecular complexity index is 499. The quantitative estimate of drug-likeness (QED) is 0.906. The topological polar surface area (TPSA) is 52.8 Å². The number of likely N-dealkylation sites (N-methyl/N-ethyl adjacent to an activating group) is 1. The van der Waals surface area contributed by atoms with Gasteiger partial charge >= 0.3 is 6.03 Å². The first-order valence-corrected chi connectivity index (χ1v) is 8.18. The van der Waals surface area contributed by atoms with Crippen molar-refractivity contribution >= 4 is 6.03 Å². The zero-order valence-corrected chi connectivity index (χ0v) is 13.3. The van der Waals surface area contributed by atoms with E-state index in [0.717, 1.165) is 45.6 Å². The van der Waals surface area contributed by atoms with Crippen molar-refractivity contribution in [2.75, 3.05) is 39.8 Å². The van der Waals surface area contributed by atoms with Gasteiger partial charge in [-0.2, -0.15) is 0 Å². The number of piperazine rings is 1. The molecule has 2 aliphatic heterocycles. The molecule has 2 amide bonds. The average Bonchev–Trinajstić information content (AvgIpc) is 2.93. The Balaban J connectivity index is 1.75. The molecule has 0 spiro atoms. The maximum Gasteiger partial charge on any atom is 0.315 e. The molecule has 22 heavy (non-hydrogen) atoms. The molecule has 1 aromatic rings. The molecule has 2 N–H and O–H groups in total.